The van der Waals surface area contributed by atoms with E-state index in [1.54, 1.807) is 13.3 Å². The van der Waals surface area contributed by atoms with Crippen molar-refractivity contribution in [2.24, 2.45) is 5.92 Å². The second kappa shape index (κ2) is 6.75. The summed E-state index contributed by atoms with van der Waals surface area (Å²) in [7, 11) is 1.64. The standard InChI is InChI=1S/C20H22N2O3/c1-24-16-8-7-14-11-15(13-25-19(14)12-16)20(23)22-10-4-6-18(22)17-5-2-3-9-21-17/h2-3,5,7-9,12,15,18H,4,6,10-11,13H2,1H3/t15-,18-/m1/s1. The molecule has 0 aliphatic carbocycles. The Morgan fingerprint density at radius 1 is 1.32 bits per heavy atom. The number of ether oxygens (including phenoxy) is 2. The van der Waals surface area contributed by atoms with Gasteiger partial charge in [0.15, 0.2) is 0 Å². The third-order valence-electron chi connectivity index (χ3n) is 5.09. The zero-order valence-electron chi connectivity index (χ0n) is 14.4. The highest BCUT2D eigenvalue weighted by Gasteiger charge is 2.36. The van der Waals surface area contributed by atoms with E-state index >= 15 is 0 Å². The van der Waals surface area contributed by atoms with Gasteiger partial charge in [-0.15, -0.1) is 0 Å². The molecule has 1 saturated heterocycles. The lowest BCUT2D eigenvalue weighted by molar-refractivity contribution is -0.138. The number of amides is 1. The molecule has 0 radical (unpaired) electrons. The summed E-state index contributed by atoms with van der Waals surface area (Å²) in [6.45, 7) is 1.22. The van der Waals surface area contributed by atoms with Gasteiger partial charge < -0.3 is 14.4 Å². The number of benzene rings is 1. The molecule has 0 spiro atoms. The zero-order valence-corrected chi connectivity index (χ0v) is 14.4. The zero-order chi connectivity index (χ0) is 17.2. The van der Waals surface area contributed by atoms with E-state index < -0.39 is 0 Å². The quantitative estimate of drug-likeness (QED) is 0.863. The van der Waals surface area contributed by atoms with Gasteiger partial charge in [-0.3, -0.25) is 9.78 Å². The fraction of sp³-hybridized carbons (Fsp3) is 0.400. The number of methoxy groups -OCH3 is 1. The van der Waals surface area contributed by atoms with E-state index in [0.717, 1.165) is 42.1 Å². The van der Waals surface area contributed by atoms with Crippen molar-refractivity contribution < 1.29 is 14.3 Å². The summed E-state index contributed by atoms with van der Waals surface area (Å²) in [5, 5.41) is 0. The van der Waals surface area contributed by atoms with E-state index in [-0.39, 0.29) is 17.9 Å². The molecule has 25 heavy (non-hydrogen) atoms. The number of carbonyl (C=O) groups is 1. The molecule has 1 aromatic heterocycles. The molecular weight excluding hydrogens is 316 g/mol. The van der Waals surface area contributed by atoms with Gasteiger partial charge in [-0.05, 0) is 43.0 Å². The summed E-state index contributed by atoms with van der Waals surface area (Å²) >= 11 is 0. The Bertz CT molecular complexity index is 763. The van der Waals surface area contributed by atoms with Gasteiger partial charge in [-0.25, -0.2) is 0 Å². The first-order valence-electron chi connectivity index (χ1n) is 8.77. The Balaban J connectivity index is 1.51. The van der Waals surface area contributed by atoms with Crippen LogP contribution in [-0.2, 0) is 11.2 Å². The van der Waals surface area contributed by atoms with Crippen molar-refractivity contribution in [1.29, 1.82) is 0 Å². The third kappa shape index (κ3) is 3.06. The summed E-state index contributed by atoms with van der Waals surface area (Å²) < 4.78 is 11.1. The van der Waals surface area contributed by atoms with Crippen LogP contribution in [0.5, 0.6) is 11.5 Å². The maximum Gasteiger partial charge on any atom is 0.230 e. The van der Waals surface area contributed by atoms with Gasteiger partial charge in [-0.2, -0.15) is 0 Å². The average Bonchev–Trinajstić information content (AvgIpc) is 3.17. The maximum absolute atomic E-state index is 13.1. The molecule has 0 bridgehead atoms. The molecule has 0 unspecified atom stereocenters. The van der Waals surface area contributed by atoms with Crippen molar-refractivity contribution in [3.63, 3.8) is 0 Å². The topological polar surface area (TPSA) is 51.7 Å². The summed E-state index contributed by atoms with van der Waals surface area (Å²) in [5.74, 6) is 1.64. The minimum Gasteiger partial charge on any atom is -0.497 e. The molecule has 2 aromatic rings. The summed E-state index contributed by atoms with van der Waals surface area (Å²) in [5.41, 5.74) is 2.05. The Hall–Kier alpha value is -2.56. The van der Waals surface area contributed by atoms with Crippen LogP contribution in [0.2, 0.25) is 0 Å². The first kappa shape index (κ1) is 15.9. The van der Waals surface area contributed by atoms with Crippen LogP contribution in [0.25, 0.3) is 0 Å². The number of fused-ring (bicyclic) bond motifs is 1. The largest absolute Gasteiger partial charge is 0.497 e. The van der Waals surface area contributed by atoms with Crippen molar-refractivity contribution >= 4 is 5.91 Å². The predicted molar refractivity (Wildman–Crippen MR) is 93.6 cm³/mol. The van der Waals surface area contributed by atoms with Crippen LogP contribution in [0.3, 0.4) is 0 Å². The number of hydrogen-bond acceptors (Lipinski definition) is 4. The van der Waals surface area contributed by atoms with Crippen LogP contribution >= 0.6 is 0 Å². The van der Waals surface area contributed by atoms with Crippen molar-refractivity contribution in [2.75, 3.05) is 20.3 Å². The van der Waals surface area contributed by atoms with Gasteiger partial charge in [0.25, 0.3) is 0 Å². The predicted octanol–water partition coefficient (Wildman–Crippen LogP) is 3.01. The highest BCUT2D eigenvalue weighted by atomic mass is 16.5. The Morgan fingerprint density at radius 2 is 2.24 bits per heavy atom. The molecular formula is C20H22N2O3. The number of likely N-dealkylation sites (tertiary alicyclic amines) is 1. The van der Waals surface area contributed by atoms with Crippen molar-refractivity contribution in [1.82, 2.24) is 9.88 Å². The third-order valence-corrected chi connectivity index (χ3v) is 5.09. The lowest BCUT2D eigenvalue weighted by atomic mass is 9.95. The van der Waals surface area contributed by atoms with Gasteiger partial charge in [-0.1, -0.05) is 12.1 Å². The lowest BCUT2D eigenvalue weighted by Crippen LogP contribution is -2.40. The van der Waals surface area contributed by atoms with Crippen LogP contribution in [0.1, 0.15) is 30.1 Å². The number of carbonyl (C=O) groups excluding carboxylic acids is 1. The molecule has 2 atom stereocenters. The molecule has 0 saturated carbocycles. The molecule has 2 aliphatic heterocycles. The van der Waals surface area contributed by atoms with Crippen LogP contribution in [0, 0.1) is 5.92 Å². The van der Waals surface area contributed by atoms with Gasteiger partial charge in [0, 0.05) is 18.8 Å². The second-order valence-corrected chi connectivity index (χ2v) is 6.63. The number of pyridine rings is 1. The number of nitrogens with zero attached hydrogens (tertiary/aromatic N) is 2. The number of aromatic nitrogens is 1. The van der Waals surface area contributed by atoms with E-state index in [9.17, 15) is 4.79 Å². The lowest BCUT2D eigenvalue weighted by Gasteiger charge is -2.31. The maximum atomic E-state index is 13.1. The molecule has 0 N–H and O–H groups in total. The molecule has 5 heteroatoms. The van der Waals surface area contributed by atoms with Gasteiger partial charge in [0.1, 0.15) is 18.1 Å². The first-order chi connectivity index (χ1) is 12.3. The van der Waals surface area contributed by atoms with E-state index in [1.807, 2.05) is 41.3 Å². The fourth-order valence-electron chi connectivity index (χ4n) is 3.78. The number of rotatable bonds is 3. The fourth-order valence-corrected chi connectivity index (χ4v) is 3.78. The summed E-state index contributed by atoms with van der Waals surface area (Å²) in [6, 6.07) is 11.8. The molecule has 3 heterocycles. The Morgan fingerprint density at radius 3 is 3.04 bits per heavy atom. The van der Waals surface area contributed by atoms with Crippen molar-refractivity contribution in [3.8, 4) is 11.5 Å². The van der Waals surface area contributed by atoms with E-state index in [2.05, 4.69) is 4.98 Å². The summed E-state index contributed by atoms with van der Waals surface area (Å²) in [6.07, 6.45) is 4.51. The molecule has 5 nitrogen and oxygen atoms in total. The van der Waals surface area contributed by atoms with E-state index in [0.29, 0.717) is 13.0 Å². The molecule has 1 amide bonds. The Kier molecular flexibility index (Phi) is 4.30. The van der Waals surface area contributed by atoms with Gasteiger partial charge in [0.05, 0.1) is 24.8 Å². The number of hydrogen-bond donors (Lipinski definition) is 0. The van der Waals surface area contributed by atoms with Crippen LogP contribution < -0.4 is 9.47 Å². The average molecular weight is 338 g/mol. The van der Waals surface area contributed by atoms with Crippen molar-refractivity contribution in [2.45, 2.75) is 25.3 Å². The second-order valence-electron chi connectivity index (χ2n) is 6.63. The first-order valence-corrected chi connectivity index (χ1v) is 8.77. The molecule has 130 valence electrons. The molecule has 1 aromatic carbocycles. The highest BCUT2D eigenvalue weighted by molar-refractivity contribution is 5.80. The van der Waals surface area contributed by atoms with Crippen LogP contribution in [0.15, 0.2) is 42.6 Å². The normalized spacial score (nSPS) is 22.2. The molecule has 1 fully saturated rings. The monoisotopic (exact) mass is 338 g/mol. The van der Waals surface area contributed by atoms with E-state index in [4.69, 9.17) is 9.47 Å². The highest BCUT2D eigenvalue weighted by Crippen LogP contribution is 2.35. The van der Waals surface area contributed by atoms with Crippen LogP contribution in [0.4, 0.5) is 0 Å². The SMILES string of the molecule is COc1ccc2c(c1)OC[C@H](C(=O)N1CCC[C@@H]1c1ccccn1)C2. The smallest absolute Gasteiger partial charge is 0.230 e. The minimum absolute atomic E-state index is 0.0889. The Labute approximate surface area is 147 Å². The van der Waals surface area contributed by atoms with Gasteiger partial charge in [0.2, 0.25) is 5.91 Å². The molecule has 2 aliphatic rings. The van der Waals surface area contributed by atoms with Gasteiger partial charge >= 0.3 is 0 Å². The van der Waals surface area contributed by atoms with E-state index in [1.165, 1.54) is 0 Å². The van der Waals surface area contributed by atoms with Crippen LogP contribution in [-0.4, -0.2) is 36.1 Å². The van der Waals surface area contributed by atoms with Crippen molar-refractivity contribution in [3.05, 3.63) is 53.9 Å². The molecule has 4 rings (SSSR count). The minimum atomic E-state index is -0.134. The summed E-state index contributed by atoms with van der Waals surface area (Å²) in [4.78, 5) is 19.6.